The summed E-state index contributed by atoms with van der Waals surface area (Å²) in [5.41, 5.74) is -2.22. The minimum Gasteiger partial charge on any atom is -0.467 e. The summed E-state index contributed by atoms with van der Waals surface area (Å²) in [7, 11) is 1.09. The number of halogens is 2. The van der Waals surface area contributed by atoms with Gasteiger partial charge in [-0.1, -0.05) is 6.07 Å². The standard InChI is InChI=1S/C16H14F2N2O3/c1-16(15(22)23-2,11-9-10(17)6-7-12(11)18)20-14(21)13-5-3-4-8-19-13/h3-9H,1-2H3,(H,20,21). The van der Waals surface area contributed by atoms with Gasteiger partial charge in [-0.3, -0.25) is 9.78 Å². The first-order chi connectivity index (χ1) is 10.9. The molecule has 1 aromatic heterocycles. The van der Waals surface area contributed by atoms with Crippen LogP contribution in [0.2, 0.25) is 0 Å². The molecule has 0 aliphatic rings. The predicted octanol–water partition coefficient (Wildman–Crippen LogP) is 2.18. The van der Waals surface area contributed by atoms with Gasteiger partial charge in [0.2, 0.25) is 0 Å². The third-order valence-corrected chi connectivity index (χ3v) is 3.32. The first-order valence-corrected chi connectivity index (χ1v) is 6.66. The van der Waals surface area contributed by atoms with Gasteiger partial charge >= 0.3 is 5.97 Å². The van der Waals surface area contributed by atoms with E-state index < -0.39 is 29.0 Å². The summed E-state index contributed by atoms with van der Waals surface area (Å²) in [6, 6.07) is 7.25. The Morgan fingerprint density at radius 2 is 1.96 bits per heavy atom. The smallest absolute Gasteiger partial charge is 0.336 e. The van der Waals surface area contributed by atoms with E-state index in [1.807, 2.05) is 0 Å². The number of nitrogens with one attached hydrogen (secondary N) is 1. The van der Waals surface area contributed by atoms with Crippen LogP contribution in [0.1, 0.15) is 23.0 Å². The van der Waals surface area contributed by atoms with Crippen molar-refractivity contribution < 1.29 is 23.1 Å². The lowest BCUT2D eigenvalue weighted by atomic mass is 9.91. The van der Waals surface area contributed by atoms with Crippen LogP contribution in [0.5, 0.6) is 0 Å². The van der Waals surface area contributed by atoms with Gasteiger partial charge in [0, 0.05) is 11.8 Å². The van der Waals surface area contributed by atoms with Crippen LogP contribution in [0.15, 0.2) is 42.6 Å². The van der Waals surface area contributed by atoms with E-state index in [0.717, 1.165) is 25.3 Å². The van der Waals surface area contributed by atoms with Crippen molar-refractivity contribution in [2.45, 2.75) is 12.5 Å². The second-order valence-electron chi connectivity index (χ2n) is 4.91. The number of aromatic nitrogens is 1. The van der Waals surface area contributed by atoms with Crippen LogP contribution in [0.25, 0.3) is 0 Å². The molecule has 120 valence electrons. The number of carbonyl (C=O) groups excluding carboxylic acids is 2. The molecule has 1 atom stereocenters. The fraction of sp³-hybridized carbons (Fsp3) is 0.188. The van der Waals surface area contributed by atoms with Gasteiger partial charge in [-0.05, 0) is 37.3 Å². The summed E-state index contributed by atoms with van der Waals surface area (Å²) < 4.78 is 32.2. The van der Waals surface area contributed by atoms with E-state index >= 15 is 0 Å². The molecule has 0 aliphatic heterocycles. The summed E-state index contributed by atoms with van der Waals surface area (Å²) >= 11 is 0. The summed E-state index contributed by atoms with van der Waals surface area (Å²) in [6.07, 6.45) is 1.40. The van der Waals surface area contributed by atoms with Gasteiger partial charge in [0.25, 0.3) is 5.91 Å². The van der Waals surface area contributed by atoms with Crippen LogP contribution in [0.3, 0.4) is 0 Å². The van der Waals surface area contributed by atoms with E-state index in [4.69, 9.17) is 0 Å². The Morgan fingerprint density at radius 3 is 2.57 bits per heavy atom. The molecular formula is C16H14F2N2O3. The van der Waals surface area contributed by atoms with Crippen molar-refractivity contribution in [2.24, 2.45) is 0 Å². The molecule has 1 heterocycles. The predicted molar refractivity (Wildman–Crippen MR) is 77.4 cm³/mol. The number of carbonyl (C=O) groups is 2. The molecule has 7 heteroatoms. The van der Waals surface area contributed by atoms with E-state index in [1.165, 1.54) is 19.2 Å². The van der Waals surface area contributed by atoms with Crippen LogP contribution in [-0.4, -0.2) is 24.0 Å². The monoisotopic (exact) mass is 320 g/mol. The van der Waals surface area contributed by atoms with Gasteiger partial charge in [0.1, 0.15) is 17.3 Å². The highest BCUT2D eigenvalue weighted by Gasteiger charge is 2.41. The number of amides is 1. The average molecular weight is 320 g/mol. The van der Waals surface area contributed by atoms with Crippen molar-refractivity contribution in [3.63, 3.8) is 0 Å². The van der Waals surface area contributed by atoms with Gasteiger partial charge in [-0.2, -0.15) is 0 Å². The maximum atomic E-state index is 14.1. The molecule has 1 amide bonds. The zero-order valence-corrected chi connectivity index (χ0v) is 12.5. The van der Waals surface area contributed by atoms with E-state index in [0.29, 0.717) is 0 Å². The number of hydrogen-bond acceptors (Lipinski definition) is 4. The van der Waals surface area contributed by atoms with Crippen LogP contribution < -0.4 is 5.32 Å². The molecule has 1 N–H and O–H groups in total. The van der Waals surface area contributed by atoms with Gasteiger partial charge in [0.15, 0.2) is 5.54 Å². The summed E-state index contributed by atoms with van der Waals surface area (Å²) in [4.78, 5) is 28.2. The number of benzene rings is 1. The normalized spacial score (nSPS) is 13.0. The molecule has 2 rings (SSSR count). The first-order valence-electron chi connectivity index (χ1n) is 6.66. The number of esters is 1. The van der Waals surface area contributed by atoms with Crippen molar-refractivity contribution in [1.82, 2.24) is 10.3 Å². The molecular weight excluding hydrogens is 306 g/mol. The number of nitrogens with zero attached hydrogens (tertiary/aromatic N) is 1. The molecule has 0 saturated carbocycles. The quantitative estimate of drug-likeness (QED) is 0.877. The molecule has 0 saturated heterocycles. The summed E-state index contributed by atoms with van der Waals surface area (Å²) in [6.45, 7) is 1.23. The van der Waals surface area contributed by atoms with Gasteiger partial charge in [0.05, 0.1) is 7.11 Å². The van der Waals surface area contributed by atoms with Crippen molar-refractivity contribution in [3.8, 4) is 0 Å². The Hall–Kier alpha value is -2.83. The van der Waals surface area contributed by atoms with Crippen molar-refractivity contribution in [1.29, 1.82) is 0 Å². The maximum Gasteiger partial charge on any atom is 0.336 e. The highest BCUT2D eigenvalue weighted by atomic mass is 19.1. The fourth-order valence-electron chi connectivity index (χ4n) is 2.10. The second-order valence-corrected chi connectivity index (χ2v) is 4.91. The van der Waals surface area contributed by atoms with Crippen LogP contribution in [-0.2, 0) is 15.1 Å². The van der Waals surface area contributed by atoms with Crippen molar-refractivity contribution in [3.05, 3.63) is 65.5 Å². The molecule has 23 heavy (non-hydrogen) atoms. The third kappa shape index (κ3) is 3.33. The minimum absolute atomic E-state index is 0.0273. The Bertz CT molecular complexity index is 737. The number of hydrogen-bond donors (Lipinski definition) is 1. The zero-order chi connectivity index (χ0) is 17.0. The van der Waals surface area contributed by atoms with Crippen LogP contribution in [0.4, 0.5) is 8.78 Å². The van der Waals surface area contributed by atoms with Crippen molar-refractivity contribution in [2.75, 3.05) is 7.11 Å². The first kappa shape index (κ1) is 16.5. The van der Waals surface area contributed by atoms with E-state index in [2.05, 4.69) is 15.0 Å². The average Bonchev–Trinajstić information content (AvgIpc) is 2.56. The number of rotatable bonds is 4. The molecule has 0 radical (unpaired) electrons. The molecule has 0 fully saturated rings. The van der Waals surface area contributed by atoms with E-state index in [9.17, 15) is 18.4 Å². The number of methoxy groups -OCH3 is 1. The third-order valence-electron chi connectivity index (χ3n) is 3.32. The van der Waals surface area contributed by atoms with Crippen LogP contribution >= 0.6 is 0 Å². The molecule has 0 bridgehead atoms. The van der Waals surface area contributed by atoms with E-state index in [1.54, 1.807) is 12.1 Å². The number of ether oxygens (including phenoxy) is 1. The molecule has 5 nitrogen and oxygen atoms in total. The van der Waals surface area contributed by atoms with Crippen LogP contribution in [0, 0.1) is 11.6 Å². The topological polar surface area (TPSA) is 68.3 Å². The Morgan fingerprint density at radius 1 is 1.22 bits per heavy atom. The fourth-order valence-corrected chi connectivity index (χ4v) is 2.10. The molecule has 1 aromatic carbocycles. The molecule has 2 aromatic rings. The summed E-state index contributed by atoms with van der Waals surface area (Å²) in [5, 5.41) is 2.36. The Kier molecular flexibility index (Phi) is 4.68. The van der Waals surface area contributed by atoms with Crippen molar-refractivity contribution >= 4 is 11.9 Å². The highest BCUT2D eigenvalue weighted by molar-refractivity contribution is 5.97. The van der Waals surface area contributed by atoms with Gasteiger partial charge in [-0.25, -0.2) is 13.6 Å². The Balaban J connectivity index is 2.46. The lowest BCUT2D eigenvalue weighted by Gasteiger charge is -2.28. The Labute approximate surface area is 131 Å². The van der Waals surface area contributed by atoms with E-state index in [-0.39, 0.29) is 11.3 Å². The molecule has 0 spiro atoms. The van der Waals surface area contributed by atoms with Gasteiger partial charge in [-0.15, -0.1) is 0 Å². The minimum atomic E-state index is -1.91. The maximum absolute atomic E-state index is 14.1. The summed E-state index contributed by atoms with van der Waals surface area (Å²) in [5.74, 6) is -3.25. The van der Waals surface area contributed by atoms with Gasteiger partial charge < -0.3 is 10.1 Å². The molecule has 0 aliphatic carbocycles. The number of pyridine rings is 1. The second kappa shape index (κ2) is 6.51. The largest absolute Gasteiger partial charge is 0.467 e. The zero-order valence-electron chi connectivity index (χ0n) is 12.5. The lowest BCUT2D eigenvalue weighted by molar-refractivity contribution is -0.148. The highest BCUT2D eigenvalue weighted by Crippen LogP contribution is 2.26. The molecule has 1 unspecified atom stereocenters. The lowest BCUT2D eigenvalue weighted by Crippen LogP contribution is -2.51. The SMILES string of the molecule is COC(=O)C(C)(NC(=O)c1ccccn1)c1cc(F)ccc1F.